The van der Waals surface area contributed by atoms with Crippen molar-refractivity contribution in [3.63, 3.8) is 0 Å². The summed E-state index contributed by atoms with van der Waals surface area (Å²) < 4.78 is 22.0. The lowest BCUT2D eigenvalue weighted by Crippen LogP contribution is -2.33. The van der Waals surface area contributed by atoms with Crippen molar-refractivity contribution in [1.29, 1.82) is 0 Å². The predicted octanol–water partition coefficient (Wildman–Crippen LogP) is 0.767. The van der Waals surface area contributed by atoms with E-state index in [1.807, 2.05) is 0 Å². The third kappa shape index (κ3) is 4.37. The Morgan fingerprint density at radius 1 is 1.45 bits per heavy atom. The molecular weight excluding hydrogens is 162 g/mol. The smallest absolute Gasteiger partial charge is 0.163 e. The average Bonchev–Trinajstić information content (AvgIpc) is 1.87. The van der Waals surface area contributed by atoms with Crippen LogP contribution in [-0.2, 0) is 9.84 Å². The maximum absolute atomic E-state index is 11.0. The van der Waals surface area contributed by atoms with Gasteiger partial charge in [-0.05, 0) is 13.5 Å². The van der Waals surface area contributed by atoms with Crippen molar-refractivity contribution in [1.82, 2.24) is 5.32 Å². The Hall–Kier alpha value is -0.0900. The van der Waals surface area contributed by atoms with E-state index in [-0.39, 0.29) is 5.37 Å². The topological polar surface area (TPSA) is 46.2 Å². The maximum Gasteiger partial charge on any atom is 0.163 e. The molecule has 0 aliphatic rings. The van der Waals surface area contributed by atoms with Gasteiger partial charge in [-0.15, -0.1) is 0 Å². The lowest BCUT2D eigenvalue weighted by Gasteiger charge is -2.12. The Morgan fingerprint density at radius 2 is 2.00 bits per heavy atom. The van der Waals surface area contributed by atoms with Gasteiger partial charge in [-0.2, -0.15) is 0 Å². The molecule has 0 aromatic carbocycles. The highest BCUT2D eigenvalue weighted by Gasteiger charge is 2.16. The van der Waals surface area contributed by atoms with Gasteiger partial charge in [0.25, 0.3) is 0 Å². The largest absolute Gasteiger partial charge is 0.304 e. The standard InChI is InChI=1S/C7H17NO2S/c1-4-5-6-7(8-2)11(3,9)10/h7-8H,4-6H2,1-3H3. The van der Waals surface area contributed by atoms with Crippen LogP contribution in [0.25, 0.3) is 0 Å². The van der Waals surface area contributed by atoms with Crippen molar-refractivity contribution in [3.8, 4) is 0 Å². The Labute approximate surface area is 69.1 Å². The fraction of sp³-hybridized carbons (Fsp3) is 1.00. The van der Waals surface area contributed by atoms with Gasteiger partial charge in [0.1, 0.15) is 5.37 Å². The second-order valence-electron chi connectivity index (χ2n) is 2.75. The van der Waals surface area contributed by atoms with Gasteiger partial charge >= 0.3 is 0 Å². The summed E-state index contributed by atoms with van der Waals surface area (Å²) in [5.74, 6) is 0. The molecule has 4 heteroatoms. The van der Waals surface area contributed by atoms with Crippen molar-refractivity contribution in [3.05, 3.63) is 0 Å². The van der Waals surface area contributed by atoms with E-state index in [1.54, 1.807) is 7.05 Å². The van der Waals surface area contributed by atoms with Crippen LogP contribution in [0.4, 0.5) is 0 Å². The third-order valence-electron chi connectivity index (χ3n) is 1.66. The van der Waals surface area contributed by atoms with Gasteiger partial charge in [-0.3, -0.25) is 0 Å². The van der Waals surface area contributed by atoms with E-state index >= 15 is 0 Å². The van der Waals surface area contributed by atoms with E-state index in [9.17, 15) is 8.42 Å². The van der Waals surface area contributed by atoms with E-state index in [0.29, 0.717) is 6.42 Å². The summed E-state index contributed by atoms with van der Waals surface area (Å²) in [6.45, 7) is 2.05. The Bertz CT molecular complexity index is 187. The molecule has 0 fully saturated rings. The molecule has 0 saturated heterocycles. The van der Waals surface area contributed by atoms with E-state index in [1.165, 1.54) is 6.26 Å². The zero-order valence-electron chi connectivity index (χ0n) is 7.42. The van der Waals surface area contributed by atoms with Gasteiger partial charge < -0.3 is 5.32 Å². The van der Waals surface area contributed by atoms with Gasteiger partial charge in [0.2, 0.25) is 0 Å². The van der Waals surface area contributed by atoms with Crippen LogP contribution in [0.1, 0.15) is 26.2 Å². The van der Waals surface area contributed by atoms with Gasteiger partial charge in [-0.25, -0.2) is 8.42 Å². The first-order valence-corrected chi connectivity index (χ1v) is 5.84. The first kappa shape index (κ1) is 10.9. The van der Waals surface area contributed by atoms with Crippen molar-refractivity contribution < 1.29 is 8.42 Å². The Morgan fingerprint density at radius 3 is 2.27 bits per heavy atom. The van der Waals surface area contributed by atoms with Crippen LogP contribution >= 0.6 is 0 Å². The molecule has 68 valence electrons. The molecule has 0 saturated carbocycles. The third-order valence-corrected chi connectivity index (χ3v) is 3.16. The molecule has 1 N–H and O–H groups in total. The normalized spacial score (nSPS) is 14.8. The van der Waals surface area contributed by atoms with Crippen LogP contribution in [0.15, 0.2) is 0 Å². The van der Waals surface area contributed by atoms with E-state index in [4.69, 9.17) is 0 Å². The quantitative estimate of drug-likeness (QED) is 0.678. The van der Waals surface area contributed by atoms with Crippen molar-refractivity contribution in [2.75, 3.05) is 13.3 Å². The van der Waals surface area contributed by atoms with Crippen LogP contribution < -0.4 is 5.32 Å². The molecule has 0 bridgehead atoms. The minimum Gasteiger partial charge on any atom is -0.304 e. The van der Waals surface area contributed by atoms with E-state index in [0.717, 1.165) is 12.8 Å². The number of rotatable bonds is 5. The number of hydrogen-bond acceptors (Lipinski definition) is 3. The van der Waals surface area contributed by atoms with Crippen molar-refractivity contribution in [2.24, 2.45) is 0 Å². The number of unbranched alkanes of at least 4 members (excludes halogenated alkanes) is 1. The van der Waals surface area contributed by atoms with Gasteiger partial charge in [0.05, 0.1) is 0 Å². The second-order valence-corrected chi connectivity index (χ2v) is 4.98. The van der Waals surface area contributed by atoms with Gasteiger partial charge in [0, 0.05) is 6.26 Å². The second kappa shape index (κ2) is 4.72. The molecule has 0 aliphatic heterocycles. The first-order valence-electron chi connectivity index (χ1n) is 3.88. The SMILES string of the molecule is CCCCC(NC)S(C)(=O)=O. The molecule has 3 nitrogen and oxygen atoms in total. The fourth-order valence-electron chi connectivity index (χ4n) is 0.962. The Balaban J connectivity index is 3.97. The highest BCUT2D eigenvalue weighted by atomic mass is 32.2. The molecule has 0 spiro atoms. The van der Waals surface area contributed by atoms with Crippen LogP contribution in [0.2, 0.25) is 0 Å². The first-order chi connectivity index (χ1) is 5.02. The molecule has 0 heterocycles. The molecule has 1 unspecified atom stereocenters. The summed E-state index contributed by atoms with van der Waals surface area (Å²) in [5.41, 5.74) is 0. The van der Waals surface area contributed by atoms with Gasteiger partial charge in [-0.1, -0.05) is 19.8 Å². The summed E-state index contributed by atoms with van der Waals surface area (Å²) >= 11 is 0. The summed E-state index contributed by atoms with van der Waals surface area (Å²) in [7, 11) is -1.22. The molecule has 0 rings (SSSR count). The van der Waals surface area contributed by atoms with E-state index in [2.05, 4.69) is 12.2 Å². The monoisotopic (exact) mass is 179 g/mol. The predicted molar refractivity (Wildman–Crippen MR) is 47.2 cm³/mol. The lowest BCUT2D eigenvalue weighted by atomic mass is 10.2. The number of nitrogens with one attached hydrogen (secondary N) is 1. The molecule has 11 heavy (non-hydrogen) atoms. The summed E-state index contributed by atoms with van der Waals surface area (Å²) in [5, 5.41) is 2.43. The minimum atomic E-state index is -2.90. The molecule has 0 aliphatic carbocycles. The molecule has 0 aromatic heterocycles. The zero-order valence-corrected chi connectivity index (χ0v) is 8.24. The summed E-state index contributed by atoms with van der Waals surface area (Å²) in [6.07, 6.45) is 3.97. The lowest BCUT2D eigenvalue weighted by molar-refractivity contribution is 0.546. The average molecular weight is 179 g/mol. The van der Waals surface area contributed by atoms with Gasteiger partial charge in [0.15, 0.2) is 9.84 Å². The van der Waals surface area contributed by atoms with Crippen LogP contribution in [0.3, 0.4) is 0 Å². The summed E-state index contributed by atoms with van der Waals surface area (Å²) in [4.78, 5) is 0. The molecule has 0 radical (unpaired) electrons. The Kier molecular flexibility index (Phi) is 4.68. The van der Waals surface area contributed by atoms with E-state index < -0.39 is 9.84 Å². The molecule has 0 aromatic rings. The molecule has 0 amide bonds. The number of hydrogen-bond donors (Lipinski definition) is 1. The highest BCUT2D eigenvalue weighted by molar-refractivity contribution is 7.91. The minimum absolute atomic E-state index is 0.359. The highest BCUT2D eigenvalue weighted by Crippen LogP contribution is 2.05. The van der Waals surface area contributed by atoms with Crippen molar-refractivity contribution >= 4 is 9.84 Å². The number of sulfone groups is 1. The molecular formula is C7H17NO2S. The fourth-order valence-corrected chi connectivity index (χ4v) is 1.98. The maximum atomic E-state index is 11.0. The zero-order chi connectivity index (χ0) is 8.91. The van der Waals surface area contributed by atoms with Crippen LogP contribution in [0, 0.1) is 0 Å². The van der Waals surface area contributed by atoms with Crippen LogP contribution in [-0.4, -0.2) is 27.1 Å². The van der Waals surface area contributed by atoms with Crippen molar-refractivity contribution in [2.45, 2.75) is 31.6 Å². The van der Waals surface area contributed by atoms with Crippen LogP contribution in [0.5, 0.6) is 0 Å². The molecule has 1 atom stereocenters. The summed E-state index contributed by atoms with van der Waals surface area (Å²) in [6, 6.07) is 0.